The molecule has 4 bridgehead atoms. The molecule has 18 heavy (non-hydrogen) atoms. The molecule has 8 unspecified atom stereocenters. The van der Waals surface area contributed by atoms with Crippen LogP contribution in [0.4, 0.5) is 0 Å². The van der Waals surface area contributed by atoms with Crippen LogP contribution in [0.15, 0.2) is 0 Å². The Hall–Kier alpha value is 0. The second-order valence-corrected chi connectivity index (χ2v) is 9.33. The minimum absolute atomic E-state index is 0.576. The molecule has 4 fully saturated rings. The van der Waals surface area contributed by atoms with Crippen molar-refractivity contribution in [3.8, 4) is 0 Å². The topological polar surface area (TPSA) is 0 Å². The smallest absolute Gasteiger partial charge is 0.0269 e. The van der Waals surface area contributed by atoms with Crippen LogP contribution in [0.2, 0.25) is 0 Å². The van der Waals surface area contributed by atoms with Crippen LogP contribution in [0, 0.1) is 58.2 Å². The maximum absolute atomic E-state index is 2.58. The number of rotatable bonds is 0. The summed E-state index contributed by atoms with van der Waals surface area (Å²) in [6, 6.07) is 0. The van der Waals surface area contributed by atoms with Crippen molar-refractivity contribution in [3.63, 3.8) is 0 Å². The van der Waals surface area contributed by atoms with Crippen LogP contribution in [0.1, 0.15) is 54.4 Å². The summed E-state index contributed by atoms with van der Waals surface area (Å²) in [5.41, 5.74) is 1.15. The summed E-state index contributed by atoms with van der Waals surface area (Å²) < 4.78 is 0. The van der Waals surface area contributed by atoms with Crippen LogP contribution in [0.5, 0.6) is 0 Å². The largest absolute Gasteiger partial charge is 0.0620 e. The Bertz CT molecular complexity index is 355. The third kappa shape index (κ3) is 0.967. The third-order valence-electron chi connectivity index (χ3n) is 9.11. The van der Waals surface area contributed by atoms with E-state index in [4.69, 9.17) is 0 Å². The molecule has 0 aromatic heterocycles. The van der Waals surface area contributed by atoms with Gasteiger partial charge in [-0.05, 0) is 71.0 Å². The summed E-state index contributed by atoms with van der Waals surface area (Å²) in [5.74, 6) is 8.47. The molecule has 8 atom stereocenters. The molecule has 4 aliphatic rings. The molecule has 0 radical (unpaired) electrons. The first-order valence-electron chi connectivity index (χ1n) is 8.28. The van der Waals surface area contributed by atoms with Gasteiger partial charge in [-0.1, -0.05) is 41.5 Å². The molecule has 4 saturated carbocycles. The lowest BCUT2D eigenvalue weighted by atomic mass is 9.50. The van der Waals surface area contributed by atoms with Crippen molar-refractivity contribution >= 4 is 0 Å². The van der Waals surface area contributed by atoms with Crippen molar-refractivity contribution in [2.45, 2.75) is 54.4 Å². The van der Waals surface area contributed by atoms with E-state index in [9.17, 15) is 0 Å². The van der Waals surface area contributed by atoms with Gasteiger partial charge in [0.2, 0.25) is 0 Å². The average molecular weight is 246 g/mol. The first-order chi connectivity index (χ1) is 8.28. The highest BCUT2D eigenvalue weighted by molar-refractivity contribution is 5.20. The number of hydrogen-bond donors (Lipinski definition) is 0. The molecule has 0 saturated heterocycles. The normalized spacial score (nSPS) is 62.3. The van der Waals surface area contributed by atoms with Crippen molar-refractivity contribution in [1.82, 2.24) is 0 Å². The number of hydrogen-bond acceptors (Lipinski definition) is 0. The Kier molecular flexibility index (Phi) is 1.98. The zero-order chi connectivity index (χ0) is 13.0. The van der Waals surface area contributed by atoms with E-state index in [-0.39, 0.29) is 0 Å². The van der Waals surface area contributed by atoms with Crippen LogP contribution in [0.3, 0.4) is 0 Å². The van der Waals surface area contributed by atoms with E-state index in [1.165, 1.54) is 0 Å². The minimum Gasteiger partial charge on any atom is -0.0620 e. The molecule has 0 spiro atoms. The lowest BCUT2D eigenvalue weighted by molar-refractivity contribution is -0.0704. The standard InChI is InChI=1S/C18H30/c1-9-10(2)12-7-11(9)15-13-8-14(16(12)15)18(5,6)17(13,3)4/h9-16H,7-8H2,1-6H3. The van der Waals surface area contributed by atoms with Gasteiger partial charge in [0, 0.05) is 0 Å². The Morgan fingerprint density at radius 1 is 0.667 bits per heavy atom. The van der Waals surface area contributed by atoms with Crippen molar-refractivity contribution < 1.29 is 0 Å². The predicted molar refractivity (Wildman–Crippen MR) is 76.1 cm³/mol. The fourth-order valence-electron chi connectivity index (χ4n) is 7.34. The SMILES string of the molecule is CC1C(C)C2CC1C1C2C2CC1C(C)(C)C2(C)C. The fraction of sp³-hybridized carbons (Fsp3) is 1.00. The highest BCUT2D eigenvalue weighted by Gasteiger charge is 2.72. The Labute approximate surface area is 113 Å². The highest BCUT2D eigenvalue weighted by Crippen LogP contribution is 2.78. The van der Waals surface area contributed by atoms with Gasteiger partial charge in [0.1, 0.15) is 0 Å². The molecule has 0 heterocycles. The molecule has 0 N–H and O–H groups in total. The van der Waals surface area contributed by atoms with Crippen molar-refractivity contribution in [1.29, 1.82) is 0 Å². The van der Waals surface area contributed by atoms with E-state index in [0.29, 0.717) is 10.8 Å². The zero-order valence-corrected chi connectivity index (χ0v) is 13.0. The van der Waals surface area contributed by atoms with Gasteiger partial charge < -0.3 is 0 Å². The molecule has 0 aromatic rings. The van der Waals surface area contributed by atoms with Crippen molar-refractivity contribution in [2.24, 2.45) is 58.2 Å². The predicted octanol–water partition coefficient (Wildman–Crippen LogP) is 4.84. The average Bonchev–Trinajstić information content (AvgIpc) is 2.91. The van der Waals surface area contributed by atoms with Gasteiger partial charge in [0.25, 0.3) is 0 Å². The van der Waals surface area contributed by atoms with Crippen LogP contribution >= 0.6 is 0 Å². The number of fused-ring (bicyclic) bond motifs is 9. The second-order valence-electron chi connectivity index (χ2n) is 9.33. The van der Waals surface area contributed by atoms with Gasteiger partial charge in [-0.25, -0.2) is 0 Å². The Morgan fingerprint density at radius 3 is 1.44 bits per heavy atom. The molecule has 102 valence electrons. The lowest BCUT2D eigenvalue weighted by Crippen LogP contribution is -2.50. The first kappa shape index (κ1) is 11.8. The zero-order valence-electron chi connectivity index (χ0n) is 13.0. The minimum atomic E-state index is 0.576. The van der Waals surface area contributed by atoms with E-state index < -0.39 is 0 Å². The second kappa shape index (κ2) is 3.01. The molecule has 0 amide bonds. The van der Waals surface area contributed by atoms with Crippen LogP contribution in [-0.2, 0) is 0 Å². The van der Waals surface area contributed by atoms with Crippen molar-refractivity contribution in [3.05, 3.63) is 0 Å². The molecule has 0 heteroatoms. The molecule has 0 aromatic carbocycles. The quantitative estimate of drug-likeness (QED) is 0.536. The summed E-state index contributed by atoms with van der Waals surface area (Å²) in [7, 11) is 0. The van der Waals surface area contributed by atoms with Gasteiger partial charge in [-0.15, -0.1) is 0 Å². The maximum Gasteiger partial charge on any atom is -0.0269 e. The van der Waals surface area contributed by atoms with Crippen LogP contribution in [-0.4, -0.2) is 0 Å². The first-order valence-corrected chi connectivity index (χ1v) is 8.28. The summed E-state index contributed by atoms with van der Waals surface area (Å²) in [4.78, 5) is 0. The van der Waals surface area contributed by atoms with Gasteiger partial charge in [-0.2, -0.15) is 0 Å². The van der Waals surface area contributed by atoms with E-state index in [2.05, 4.69) is 41.5 Å². The molecular weight excluding hydrogens is 216 g/mol. The maximum atomic E-state index is 2.58. The van der Waals surface area contributed by atoms with Gasteiger partial charge >= 0.3 is 0 Å². The fourth-order valence-corrected chi connectivity index (χ4v) is 7.34. The van der Waals surface area contributed by atoms with E-state index >= 15 is 0 Å². The molecule has 4 rings (SSSR count). The van der Waals surface area contributed by atoms with Crippen LogP contribution < -0.4 is 0 Å². The van der Waals surface area contributed by atoms with Gasteiger partial charge in [-0.3, -0.25) is 0 Å². The van der Waals surface area contributed by atoms with E-state index in [1.54, 1.807) is 12.8 Å². The Balaban J connectivity index is 1.78. The lowest BCUT2D eigenvalue weighted by Gasteiger charge is -2.55. The molecular formula is C18H30. The summed E-state index contributed by atoms with van der Waals surface area (Å²) >= 11 is 0. The Morgan fingerprint density at radius 2 is 1.06 bits per heavy atom. The van der Waals surface area contributed by atoms with Crippen molar-refractivity contribution in [2.75, 3.05) is 0 Å². The van der Waals surface area contributed by atoms with E-state index in [0.717, 1.165) is 47.3 Å². The summed E-state index contributed by atoms with van der Waals surface area (Å²) in [6.07, 6.45) is 3.14. The highest BCUT2D eigenvalue weighted by atomic mass is 14.8. The van der Waals surface area contributed by atoms with E-state index in [1.807, 2.05) is 0 Å². The monoisotopic (exact) mass is 246 g/mol. The summed E-state index contributed by atoms with van der Waals surface area (Å²) in [6.45, 7) is 15.4. The third-order valence-corrected chi connectivity index (χ3v) is 9.11. The van der Waals surface area contributed by atoms with Gasteiger partial charge in [0.05, 0.1) is 0 Å². The molecule has 0 nitrogen and oxygen atoms in total. The molecule has 0 aliphatic heterocycles. The van der Waals surface area contributed by atoms with Crippen LogP contribution in [0.25, 0.3) is 0 Å². The van der Waals surface area contributed by atoms with Gasteiger partial charge in [0.15, 0.2) is 0 Å². The molecule has 4 aliphatic carbocycles. The summed E-state index contributed by atoms with van der Waals surface area (Å²) in [5, 5.41) is 0.